The van der Waals surface area contributed by atoms with Gasteiger partial charge in [0.1, 0.15) is 16.4 Å². The zero-order chi connectivity index (χ0) is 19.5. The molecule has 0 aliphatic heterocycles. The number of nitrogens with zero attached hydrogens (tertiary/aromatic N) is 1. The molecule has 1 aromatic heterocycles. The Hall–Kier alpha value is -3.02. The Labute approximate surface area is 145 Å². The molecule has 3 N–H and O–H groups in total. The number of aromatic nitrogens is 1. The maximum atomic E-state index is 12.5. The van der Waals surface area contributed by atoms with E-state index in [1.54, 1.807) is 0 Å². The number of halogens is 3. The van der Waals surface area contributed by atoms with Gasteiger partial charge in [-0.1, -0.05) is 0 Å². The van der Waals surface area contributed by atoms with Crippen molar-refractivity contribution in [3.63, 3.8) is 0 Å². The Morgan fingerprint density at radius 3 is 2.50 bits per heavy atom. The number of nitrogens with one attached hydrogen (secondary N) is 1. The van der Waals surface area contributed by atoms with Gasteiger partial charge < -0.3 is 15.2 Å². The molecule has 0 aliphatic carbocycles. The molecule has 8 nitrogen and oxygen atoms in total. The minimum atomic E-state index is -5.00. The molecule has 2 aromatic rings. The predicted molar refractivity (Wildman–Crippen MR) is 83.2 cm³/mol. The minimum Gasteiger partial charge on any atom is -0.495 e. The van der Waals surface area contributed by atoms with Gasteiger partial charge >= 0.3 is 6.36 Å². The number of benzene rings is 1. The van der Waals surface area contributed by atoms with Crippen molar-refractivity contribution in [1.82, 2.24) is 4.98 Å². The summed E-state index contributed by atoms with van der Waals surface area (Å²) in [6.07, 6.45) is -2.78. The van der Waals surface area contributed by atoms with E-state index in [1.807, 2.05) is 0 Å². The maximum Gasteiger partial charge on any atom is 0.573 e. The van der Waals surface area contributed by atoms with Crippen LogP contribution in [0.5, 0.6) is 11.5 Å². The smallest absolute Gasteiger partial charge is 0.495 e. The van der Waals surface area contributed by atoms with Crippen molar-refractivity contribution >= 4 is 21.6 Å². The standard InChI is InChI=1S/C14H12F3N3O5S/c1-24-11-3-2-10(25-14(15,16)17)5-12(11)26(22,23)20-9-4-8(13(18)21)6-19-7-9/h2-7,20H,1H3,(H2,18,21). The lowest BCUT2D eigenvalue weighted by Crippen LogP contribution is -2.19. The van der Waals surface area contributed by atoms with Crippen LogP contribution in [0.2, 0.25) is 0 Å². The fourth-order valence-electron chi connectivity index (χ4n) is 1.90. The average molecular weight is 391 g/mol. The molecule has 2 rings (SSSR count). The first-order chi connectivity index (χ1) is 12.0. The van der Waals surface area contributed by atoms with Gasteiger partial charge in [-0.25, -0.2) is 8.42 Å². The van der Waals surface area contributed by atoms with Crippen molar-refractivity contribution in [2.45, 2.75) is 11.3 Å². The lowest BCUT2D eigenvalue weighted by atomic mass is 10.2. The first-order valence-corrected chi connectivity index (χ1v) is 8.21. The van der Waals surface area contributed by atoms with Crippen LogP contribution in [0.3, 0.4) is 0 Å². The number of anilines is 1. The van der Waals surface area contributed by atoms with E-state index < -0.39 is 32.9 Å². The van der Waals surface area contributed by atoms with Gasteiger partial charge in [0.2, 0.25) is 5.91 Å². The third kappa shape index (κ3) is 4.75. The van der Waals surface area contributed by atoms with E-state index in [-0.39, 0.29) is 17.0 Å². The largest absolute Gasteiger partial charge is 0.573 e. The zero-order valence-corrected chi connectivity index (χ0v) is 13.9. The van der Waals surface area contributed by atoms with Crippen molar-refractivity contribution in [3.05, 3.63) is 42.2 Å². The number of carbonyl (C=O) groups is 1. The molecule has 0 spiro atoms. The topological polar surface area (TPSA) is 121 Å². The molecule has 0 saturated carbocycles. The van der Waals surface area contributed by atoms with Crippen molar-refractivity contribution in [1.29, 1.82) is 0 Å². The Morgan fingerprint density at radius 2 is 1.92 bits per heavy atom. The quantitative estimate of drug-likeness (QED) is 0.776. The first-order valence-electron chi connectivity index (χ1n) is 6.73. The highest BCUT2D eigenvalue weighted by Gasteiger charge is 2.32. The number of hydrogen-bond acceptors (Lipinski definition) is 6. The molecule has 1 heterocycles. The van der Waals surface area contributed by atoms with Crippen molar-refractivity contribution < 1.29 is 35.9 Å². The molecule has 0 bridgehead atoms. The molecular formula is C14H12F3N3O5S. The predicted octanol–water partition coefficient (Wildman–Crippen LogP) is 1.89. The summed E-state index contributed by atoms with van der Waals surface area (Å²) in [5, 5.41) is 0. The highest BCUT2D eigenvalue weighted by Crippen LogP contribution is 2.32. The van der Waals surface area contributed by atoms with E-state index in [0.29, 0.717) is 6.07 Å². The molecule has 26 heavy (non-hydrogen) atoms. The van der Waals surface area contributed by atoms with Crippen LogP contribution in [-0.2, 0) is 10.0 Å². The highest BCUT2D eigenvalue weighted by molar-refractivity contribution is 7.92. The van der Waals surface area contributed by atoms with E-state index in [4.69, 9.17) is 10.5 Å². The molecule has 0 fully saturated rings. The molecule has 1 amide bonds. The van der Waals surface area contributed by atoms with E-state index in [1.165, 1.54) is 0 Å². The van der Waals surface area contributed by atoms with Crippen LogP contribution in [0.25, 0.3) is 0 Å². The number of nitrogens with two attached hydrogens (primary N) is 1. The van der Waals surface area contributed by atoms with Crippen molar-refractivity contribution in [2.24, 2.45) is 5.73 Å². The summed E-state index contributed by atoms with van der Waals surface area (Å²) in [6, 6.07) is 3.68. The van der Waals surface area contributed by atoms with Gasteiger partial charge in [0.05, 0.1) is 24.6 Å². The molecule has 140 valence electrons. The Kier molecular flexibility index (Phi) is 5.25. The minimum absolute atomic E-state index is 0.0636. The number of alkyl halides is 3. The molecule has 0 atom stereocenters. The molecular weight excluding hydrogens is 379 g/mol. The number of sulfonamides is 1. The summed E-state index contributed by atoms with van der Waals surface area (Å²) in [5.41, 5.74) is 4.90. The lowest BCUT2D eigenvalue weighted by molar-refractivity contribution is -0.274. The SMILES string of the molecule is COc1ccc(OC(F)(F)F)cc1S(=O)(=O)Nc1cncc(C(N)=O)c1. The Balaban J connectivity index is 2.42. The summed E-state index contributed by atoms with van der Waals surface area (Å²) in [7, 11) is -3.24. The van der Waals surface area contributed by atoms with Crippen LogP contribution in [-0.4, -0.2) is 32.8 Å². The fourth-order valence-corrected chi connectivity index (χ4v) is 3.12. The van der Waals surface area contributed by atoms with E-state index >= 15 is 0 Å². The van der Waals surface area contributed by atoms with E-state index in [2.05, 4.69) is 14.4 Å². The van der Waals surface area contributed by atoms with Crippen LogP contribution >= 0.6 is 0 Å². The molecule has 0 aliphatic rings. The summed E-state index contributed by atoms with van der Waals surface area (Å²) >= 11 is 0. The van der Waals surface area contributed by atoms with E-state index in [0.717, 1.165) is 37.7 Å². The van der Waals surface area contributed by atoms with Gasteiger partial charge in [-0.05, 0) is 18.2 Å². The number of rotatable bonds is 6. The van der Waals surface area contributed by atoms with E-state index in [9.17, 15) is 26.4 Å². The van der Waals surface area contributed by atoms with Crippen molar-refractivity contribution in [3.8, 4) is 11.5 Å². The molecule has 0 radical (unpaired) electrons. The van der Waals surface area contributed by atoms with Crippen LogP contribution in [0.1, 0.15) is 10.4 Å². The van der Waals surface area contributed by atoms with Gasteiger partial charge in [-0.15, -0.1) is 13.2 Å². The molecule has 0 saturated heterocycles. The monoisotopic (exact) mass is 391 g/mol. The number of methoxy groups -OCH3 is 1. The van der Waals surface area contributed by atoms with Crippen LogP contribution in [0.15, 0.2) is 41.6 Å². The van der Waals surface area contributed by atoms with Gasteiger partial charge in [0.25, 0.3) is 10.0 Å². The number of ether oxygens (including phenoxy) is 2. The summed E-state index contributed by atoms with van der Waals surface area (Å²) in [4.78, 5) is 14.2. The summed E-state index contributed by atoms with van der Waals surface area (Å²) in [6.45, 7) is 0. The van der Waals surface area contributed by atoms with Gasteiger partial charge in [-0.2, -0.15) is 0 Å². The number of amides is 1. The Morgan fingerprint density at radius 1 is 1.23 bits per heavy atom. The van der Waals surface area contributed by atoms with Crippen LogP contribution in [0.4, 0.5) is 18.9 Å². The second-order valence-electron chi connectivity index (χ2n) is 4.79. The van der Waals surface area contributed by atoms with Crippen molar-refractivity contribution in [2.75, 3.05) is 11.8 Å². The average Bonchev–Trinajstić information content (AvgIpc) is 2.53. The van der Waals surface area contributed by atoms with Crippen LogP contribution < -0.4 is 19.9 Å². The van der Waals surface area contributed by atoms with Gasteiger partial charge in [0.15, 0.2) is 0 Å². The zero-order valence-electron chi connectivity index (χ0n) is 13.1. The normalized spacial score (nSPS) is 11.7. The number of pyridine rings is 1. The number of carbonyl (C=O) groups excluding carboxylic acids is 1. The lowest BCUT2D eigenvalue weighted by Gasteiger charge is -2.14. The first kappa shape index (κ1) is 19.3. The molecule has 12 heteroatoms. The molecule has 1 aromatic carbocycles. The number of primary amides is 1. The highest BCUT2D eigenvalue weighted by atomic mass is 32.2. The third-order valence-electron chi connectivity index (χ3n) is 2.93. The summed E-state index contributed by atoms with van der Waals surface area (Å²) in [5.74, 6) is -1.80. The fraction of sp³-hybridized carbons (Fsp3) is 0.143. The van der Waals surface area contributed by atoms with Gasteiger partial charge in [-0.3, -0.25) is 14.5 Å². The third-order valence-corrected chi connectivity index (χ3v) is 4.34. The second-order valence-corrected chi connectivity index (χ2v) is 6.44. The summed E-state index contributed by atoms with van der Waals surface area (Å²) < 4.78 is 72.7. The maximum absolute atomic E-state index is 12.5. The van der Waals surface area contributed by atoms with Crippen LogP contribution in [0, 0.1) is 0 Å². The molecule has 0 unspecified atom stereocenters. The Bertz CT molecular complexity index is 932. The number of hydrogen-bond donors (Lipinski definition) is 2. The second kappa shape index (κ2) is 7.07. The van der Waals surface area contributed by atoms with Gasteiger partial charge in [0, 0.05) is 12.3 Å².